The summed E-state index contributed by atoms with van der Waals surface area (Å²) < 4.78 is 0. The lowest BCUT2D eigenvalue weighted by Crippen LogP contribution is -2.36. The number of likely N-dealkylation sites (N-methyl/N-ethyl adjacent to an activating group) is 1. The molecule has 0 atom stereocenters. The highest BCUT2D eigenvalue weighted by Gasteiger charge is 2.07. The molecule has 0 bridgehead atoms. The van der Waals surface area contributed by atoms with Crippen molar-refractivity contribution in [2.45, 2.75) is 20.3 Å². The van der Waals surface area contributed by atoms with E-state index in [4.69, 9.17) is 0 Å². The molecule has 0 fully saturated rings. The number of hydrogen-bond acceptors (Lipinski definition) is 4. The van der Waals surface area contributed by atoms with Crippen molar-refractivity contribution in [1.29, 1.82) is 0 Å². The Morgan fingerprint density at radius 3 is 2.55 bits per heavy atom. The first-order valence-corrected chi connectivity index (χ1v) is 7.86. The van der Waals surface area contributed by atoms with Crippen LogP contribution < -0.4 is 10.6 Å². The predicted molar refractivity (Wildman–Crippen MR) is 82.1 cm³/mol. The van der Waals surface area contributed by atoms with Crippen molar-refractivity contribution in [1.82, 2.24) is 15.5 Å². The summed E-state index contributed by atoms with van der Waals surface area (Å²) in [5.41, 5.74) is 0. The highest BCUT2D eigenvalue weighted by atomic mass is 32.1. The molecule has 6 heteroatoms. The molecule has 5 nitrogen and oxygen atoms in total. The van der Waals surface area contributed by atoms with Crippen molar-refractivity contribution < 1.29 is 9.59 Å². The summed E-state index contributed by atoms with van der Waals surface area (Å²) in [6, 6.07) is 3.60. The number of rotatable bonds is 9. The SMILES string of the molecule is CCN(CC)CCNC(=O)CCNC(=O)c1cccs1. The fraction of sp³-hybridized carbons (Fsp3) is 0.571. The van der Waals surface area contributed by atoms with Gasteiger partial charge in [0.15, 0.2) is 0 Å². The Balaban J connectivity index is 2.10. The van der Waals surface area contributed by atoms with Crippen LogP contribution in [0.2, 0.25) is 0 Å². The van der Waals surface area contributed by atoms with Gasteiger partial charge in [0.25, 0.3) is 5.91 Å². The van der Waals surface area contributed by atoms with Crippen LogP contribution in [0.4, 0.5) is 0 Å². The van der Waals surface area contributed by atoms with Crippen LogP contribution in [0.1, 0.15) is 29.9 Å². The molecular weight excluding hydrogens is 274 g/mol. The lowest BCUT2D eigenvalue weighted by Gasteiger charge is -2.17. The summed E-state index contributed by atoms with van der Waals surface area (Å²) in [4.78, 5) is 26.1. The molecule has 1 rings (SSSR count). The van der Waals surface area contributed by atoms with Crippen LogP contribution >= 0.6 is 11.3 Å². The van der Waals surface area contributed by atoms with Gasteiger partial charge >= 0.3 is 0 Å². The summed E-state index contributed by atoms with van der Waals surface area (Å²) in [5.74, 6) is -0.139. The van der Waals surface area contributed by atoms with Crippen molar-refractivity contribution >= 4 is 23.2 Å². The van der Waals surface area contributed by atoms with Gasteiger partial charge in [-0.2, -0.15) is 0 Å². The van der Waals surface area contributed by atoms with Gasteiger partial charge in [-0.25, -0.2) is 0 Å². The van der Waals surface area contributed by atoms with Gasteiger partial charge < -0.3 is 15.5 Å². The van der Waals surface area contributed by atoms with Gasteiger partial charge in [-0.05, 0) is 24.5 Å². The quantitative estimate of drug-likeness (QED) is 0.723. The summed E-state index contributed by atoms with van der Waals surface area (Å²) in [6.07, 6.45) is 0.315. The van der Waals surface area contributed by atoms with E-state index < -0.39 is 0 Å². The second-order valence-corrected chi connectivity index (χ2v) is 5.31. The number of thiophene rings is 1. The zero-order chi connectivity index (χ0) is 14.8. The highest BCUT2D eigenvalue weighted by molar-refractivity contribution is 7.12. The Morgan fingerprint density at radius 2 is 1.95 bits per heavy atom. The first-order chi connectivity index (χ1) is 9.67. The van der Waals surface area contributed by atoms with E-state index in [9.17, 15) is 9.59 Å². The van der Waals surface area contributed by atoms with Crippen molar-refractivity contribution in [3.63, 3.8) is 0 Å². The van der Waals surface area contributed by atoms with Crippen molar-refractivity contribution in [3.05, 3.63) is 22.4 Å². The zero-order valence-corrected chi connectivity index (χ0v) is 13.0. The van der Waals surface area contributed by atoms with E-state index in [-0.39, 0.29) is 11.8 Å². The lowest BCUT2D eigenvalue weighted by molar-refractivity contribution is -0.121. The molecule has 0 saturated heterocycles. The van der Waals surface area contributed by atoms with Gasteiger partial charge in [0.2, 0.25) is 5.91 Å². The number of nitrogens with one attached hydrogen (secondary N) is 2. The van der Waals surface area contributed by atoms with E-state index in [1.807, 2.05) is 11.4 Å². The third kappa shape index (κ3) is 6.16. The van der Waals surface area contributed by atoms with Gasteiger partial charge in [0, 0.05) is 26.1 Å². The standard InChI is InChI=1S/C14H23N3O2S/c1-3-17(4-2)10-9-15-13(18)7-8-16-14(19)12-6-5-11-20-12/h5-6,11H,3-4,7-10H2,1-2H3,(H,15,18)(H,16,19). The van der Waals surface area contributed by atoms with Crippen LogP contribution in [0.5, 0.6) is 0 Å². The van der Waals surface area contributed by atoms with Crippen LogP contribution in [0, 0.1) is 0 Å². The third-order valence-electron chi connectivity index (χ3n) is 3.03. The number of nitrogens with zero attached hydrogens (tertiary/aromatic N) is 1. The van der Waals surface area contributed by atoms with Crippen molar-refractivity contribution in [2.24, 2.45) is 0 Å². The Hall–Kier alpha value is -1.40. The minimum atomic E-state index is -0.115. The molecule has 0 radical (unpaired) electrons. The Kier molecular flexibility index (Phi) is 7.91. The molecule has 2 amide bonds. The maximum Gasteiger partial charge on any atom is 0.261 e. The molecule has 1 aromatic rings. The van der Waals surface area contributed by atoms with Gasteiger partial charge in [-0.15, -0.1) is 11.3 Å². The van der Waals surface area contributed by atoms with E-state index in [0.717, 1.165) is 19.6 Å². The number of carbonyl (C=O) groups excluding carboxylic acids is 2. The topological polar surface area (TPSA) is 61.4 Å². The van der Waals surface area contributed by atoms with Gasteiger partial charge in [-0.3, -0.25) is 9.59 Å². The van der Waals surface area contributed by atoms with Gasteiger partial charge in [-0.1, -0.05) is 19.9 Å². The minimum absolute atomic E-state index is 0.0244. The molecule has 0 aliphatic heterocycles. The zero-order valence-electron chi connectivity index (χ0n) is 12.1. The van der Waals surface area contributed by atoms with Crippen LogP contribution in [-0.2, 0) is 4.79 Å². The van der Waals surface area contributed by atoms with E-state index >= 15 is 0 Å². The molecule has 1 aromatic heterocycles. The maximum atomic E-state index is 11.6. The molecular formula is C14H23N3O2S. The van der Waals surface area contributed by atoms with Crippen molar-refractivity contribution in [3.8, 4) is 0 Å². The number of hydrogen-bond donors (Lipinski definition) is 2. The average Bonchev–Trinajstić information content (AvgIpc) is 2.97. The maximum absolute atomic E-state index is 11.6. The predicted octanol–water partition coefficient (Wildman–Crippen LogP) is 1.33. The molecule has 0 unspecified atom stereocenters. The molecule has 0 aromatic carbocycles. The number of amides is 2. The van der Waals surface area contributed by atoms with E-state index in [0.29, 0.717) is 24.4 Å². The second kappa shape index (κ2) is 9.50. The second-order valence-electron chi connectivity index (χ2n) is 4.36. The molecule has 2 N–H and O–H groups in total. The first-order valence-electron chi connectivity index (χ1n) is 6.98. The van der Waals surface area contributed by atoms with E-state index in [1.54, 1.807) is 6.07 Å². The molecule has 1 heterocycles. The summed E-state index contributed by atoms with van der Waals surface area (Å²) in [6.45, 7) is 8.07. The first kappa shape index (κ1) is 16.7. The van der Waals surface area contributed by atoms with Crippen LogP contribution in [-0.4, -0.2) is 49.4 Å². The summed E-state index contributed by atoms with van der Waals surface area (Å²) >= 11 is 1.39. The Labute approximate surface area is 124 Å². The Bertz CT molecular complexity index is 403. The highest BCUT2D eigenvalue weighted by Crippen LogP contribution is 2.07. The summed E-state index contributed by atoms with van der Waals surface area (Å²) in [5, 5.41) is 7.45. The average molecular weight is 297 g/mol. The summed E-state index contributed by atoms with van der Waals surface area (Å²) in [7, 11) is 0. The molecule has 0 saturated carbocycles. The minimum Gasteiger partial charge on any atom is -0.355 e. The number of carbonyl (C=O) groups is 2. The molecule has 20 heavy (non-hydrogen) atoms. The van der Waals surface area contributed by atoms with Crippen LogP contribution in [0.3, 0.4) is 0 Å². The molecule has 112 valence electrons. The third-order valence-corrected chi connectivity index (χ3v) is 3.90. The van der Waals surface area contributed by atoms with E-state index in [2.05, 4.69) is 29.4 Å². The monoisotopic (exact) mass is 297 g/mol. The molecule has 0 aliphatic carbocycles. The van der Waals surface area contributed by atoms with Crippen molar-refractivity contribution in [2.75, 3.05) is 32.7 Å². The van der Waals surface area contributed by atoms with Crippen LogP contribution in [0.15, 0.2) is 17.5 Å². The van der Waals surface area contributed by atoms with Crippen LogP contribution in [0.25, 0.3) is 0 Å². The molecule has 0 spiro atoms. The fourth-order valence-corrected chi connectivity index (χ4v) is 2.41. The van der Waals surface area contributed by atoms with Gasteiger partial charge in [0.05, 0.1) is 4.88 Å². The lowest BCUT2D eigenvalue weighted by atomic mass is 10.3. The largest absolute Gasteiger partial charge is 0.355 e. The smallest absolute Gasteiger partial charge is 0.261 e. The Morgan fingerprint density at radius 1 is 1.20 bits per heavy atom. The van der Waals surface area contributed by atoms with E-state index in [1.165, 1.54) is 11.3 Å². The normalized spacial score (nSPS) is 10.6. The van der Waals surface area contributed by atoms with Gasteiger partial charge in [0.1, 0.15) is 0 Å². The molecule has 0 aliphatic rings. The fourth-order valence-electron chi connectivity index (χ4n) is 1.77.